The average molecular weight is 613 g/mol. The van der Waals surface area contributed by atoms with Crippen molar-refractivity contribution in [3.8, 4) is 0 Å². The van der Waals surface area contributed by atoms with Crippen LogP contribution in [-0.2, 0) is 30.6 Å². The number of nitrogens with one attached hydrogen (secondary N) is 4. The standard InChI is InChI=1S/C30H36N4O6S2/c1-20(25(35)16-17-42(39,40)22-12-6-3-7-13-22)31-29(37)23(18-21-10-4-2-5-11-21)32-27(36)15-9-8-14-26-28-24(19-41-26)33-30(38)34-28/h2-7,10-13,16-17,20,23-24,26,28H,8-9,14-15,18-19H2,1H3,(H,31,37)(H,32,36)(H2,33,34,38)/b17-16+/t20?,23?,24?,26-,28?/m0/s1. The Labute approximate surface area is 250 Å². The molecule has 2 aliphatic rings. The van der Waals surface area contributed by atoms with E-state index in [2.05, 4.69) is 21.3 Å². The molecular weight excluding hydrogens is 576 g/mol. The number of benzene rings is 2. The second kappa shape index (κ2) is 14.5. The summed E-state index contributed by atoms with van der Waals surface area (Å²) < 4.78 is 24.9. The third kappa shape index (κ3) is 8.68. The number of fused-ring (bicyclic) bond motifs is 1. The van der Waals surface area contributed by atoms with Gasteiger partial charge in [0.25, 0.3) is 0 Å². The Morgan fingerprint density at radius 1 is 1.00 bits per heavy atom. The van der Waals surface area contributed by atoms with E-state index in [1.165, 1.54) is 19.1 Å². The molecule has 0 aliphatic carbocycles. The number of thioether (sulfide) groups is 1. The molecule has 12 heteroatoms. The highest BCUT2D eigenvalue weighted by molar-refractivity contribution is 8.00. The summed E-state index contributed by atoms with van der Waals surface area (Å²) >= 11 is 1.83. The maximum atomic E-state index is 13.2. The lowest BCUT2D eigenvalue weighted by molar-refractivity contribution is -0.130. The Hall–Kier alpha value is -3.64. The first kappa shape index (κ1) is 31.3. The lowest BCUT2D eigenvalue weighted by atomic mass is 10.0. The van der Waals surface area contributed by atoms with Crippen LogP contribution in [0.3, 0.4) is 0 Å². The zero-order valence-electron chi connectivity index (χ0n) is 23.3. The van der Waals surface area contributed by atoms with Gasteiger partial charge in [-0.25, -0.2) is 13.2 Å². The predicted molar refractivity (Wildman–Crippen MR) is 161 cm³/mol. The number of urea groups is 1. The van der Waals surface area contributed by atoms with Gasteiger partial charge >= 0.3 is 6.03 Å². The highest BCUT2D eigenvalue weighted by atomic mass is 32.2. The molecule has 0 saturated carbocycles. The monoisotopic (exact) mass is 612 g/mol. The van der Waals surface area contributed by atoms with Crippen molar-refractivity contribution in [1.82, 2.24) is 21.3 Å². The molecule has 0 spiro atoms. The van der Waals surface area contributed by atoms with E-state index in [1.54, 1.807) is 18.2 Å². The molecule has 2 aliphatic heterocycles. The molecule has 0 bridgehead atoms. The van der Waals surface area contributed by atoms with E-state index in [9.17, 15) is 27.6 Å². The fourth-order valence-electron chi connectivity index (χ4n) is 4.97. The van der Waals surface area contributed by atoms with Crippen molar-refractivity contribution in [2.75, 3.05) is 5.75 Å². The van der Waals surface area contributed by atoms with Crippen LogP contribution in [0.4, 0.5) is 4.79 Å². The number of ketones is 1. The number of unbranched alkanes of at least 4 members (excludes halogenated alkanes) is 1. The van der Waals surface area contributed by atoms with Gasteiger partial charge < -0.3 is 21.3 Å². The molecule has 0 aromatic heterocycles. The van der Waals surface area contributed by atoms with Gasteiger partial charge in [-0.15, -0.1) is 0 Å². The number of hydrogen-bond donors (Lipinski definition) is 4. The molecule has 2 aromatic carbocycles. The average Bonchev–Trinajstić information content (AvgIpc) is 3.53. The van der Waals surface area contributed by atoms with E-state index in [0.717, 1.165) is 35.6 Å². The van der Waals surface area contributed by atoms with Gasteiger partial charge in [0, 0.05) is 29.3 Å². The molecule has 4 amide bonds. The van der Waals surface area contributed by atoms with Gasteiger partial charge in [-0.1, -0.05) is 55.0 Å². The first-order valence-corrected chi connectivity index (χ1v) is 16.6. The first-order chi connectivity index (χ1) is 20.1. The summed E-state index contributed by atoms with van der Waals surface area (Å²) in [5, 5.41) is 12.5. The quantitative estimate of drug-likeness (QED) is 0.145. The van der Waals surface area contributed by atoms with Crippen molar-refractivity contribution in [3.63, 3.8) is 0 Å². The summed E-state index contributed by atoms with van der Waals surface area (Å²) in [6, 6.07) is 15.2. The fourth-order valence-corrected chi connectivity index (χ4v) is 7.52. The van der Waals surface area contributed by atoms with Crippen molar-refractivity contribution < 1.29 is 27.6 Å². The van der Waals surface area contributed by atoms with Crippen LogP contribution in [0.1, 0.15) is 38.2 Å². The van der Waals surface area contributed by atoms with Crippen LogP contribution in [0, 0.1) is 0 Å². The Morgan fingerprint density at radius 2 is 1.69 bits per heavy atom. The zero-order valence-corrected chi connectivity index (χ0v) is 25.0. The van der Waals surface area contributed by atoms with Crippen LogP contribution >= 0.6 is 11.8 Å². The first-order valence-electron chi connectivity index (χ1n) is 14.0. The van der Waals surface area contributed by atoms with Crippen LogP contribution in [0.2, 0.25) is 0 Å². The van der Waals surface area contributed by atoms with Gasteiger partial charge in [0.05, 0.1) is 23.0 Å². The molecule has 4 rings (SSSR count). The molecule has 0 radical (unpaired) electrons. The van der Waals surface area contributed by atoms with E-state index in [4.69, 9.17) is 0 Å². The van der Waals surface area contributed by atoms with Crippen LogP contribution in [0.5, 0.6) is 0 Å². The SMILES string of the molecule is CC(NC(=O)C(Cc1ccccc1)NC(=O)CCCC[C@@H]1SCC2NC(=O)NC21)C(=O)/C=C/S(=O)(=O)c1ccccc1. The molecule has 2 aromatic rings. The highest BCUT2D eigenvalue weighted by Gasteiger charge is 2.42. The van der Waals surface area contributed by atoms with Crippen molar-refractivity contribution >= 4 is 45.2 Å². The highest BCUT2D eigenvalue weighted by Crippen LogP contribution is 2.33. The minimum Gasteiger partial charge on any atom is -0.344 e. The second-order valence-corrected chi connectivity index (χ2v) is 13.6. The van der Waals surface area contributed by atoms with Crippen LogP contribution < -0.4 is 21.3 Å². The molecule has 5 atom stereocenters. The maximum absolute atomic E-state index is 13.2. The van der Waals surface area contributed by atoms with Gasteiger partial charge in [0.15, 0.2) is 15.6 Å². The fraction of sp³-hybridized carbons (Fsp3) is 0.400. The van der Waals surface area contributed by atoms with Gasteiger partial charge in [-0.3, -0.25) is 14.4 Å². The van der Waals surface area contributed by atoms with Crippen molar-refractivity contribution in [1.29, 1.82) is 0 Å². The Bertz CT molecular complexity index is 1400. The smallest absolute Gasteiger partial charge is 0.315 e. The summed E-state index contributed by atoms with van der Waals surface area (Å²) in [6.45, 7) is 1.47. The van der Waals surface area contributed by atoms with E-state index in [1.807, 2.05) is 42.1 Å². The van der Waals surface area contributed by atoms with Crippen LogP contribution in [-0.4, -0.2) is 67.2 Å². The predicted octanol–water partition coefficient (Wildman–Crippen LogP) is 2.50. The number of sulfone groups is 1. The normalized spacial score (nSPS) is 21.2. The lowest BCUT2D eigenvalue weighted by Crippen LogP contribution is -2.51. The van der Waals surface area contributed by atoms with Crippen LogP contribution in [0.15, 0.2) is 77.0 Å². The molecule has 4 unspecified atom stereocenters. The van der Waals surface area contributed by atoms with Gasteiger partial charge in [-0.2, -0.15) is 11.8 Å². The summed E-state index contributed by atoms with van der Waals surface area (Å²) in [7, 11) is -3.81. The number of hydrogen-bond acceptors (Lipinski definition) is 7. The van der Waals surface area contributed by atoms with E-state index in [0.29, 0.717) is 11.7 Å². The van der Waals surface area contributed by atoms with Gasteiger partial charge in [-0.05, 0) is 43.5 Å². The van der Waals surface area contributed by atoms with E-state index < -0.39 is 33.6 Å². The minimum absolute atomic E-state index is 0.0601. The van der Waals surface area contributed by atoms with Crippen LogP contribution in [0.25, 0.3) is 0 Å². The Kier molecular flexibility index (Phi) is 10.8. The number of amides is 4. The Morgan fingerprint density at radius 3 is 2.40 bits per heavy atom. The number of carbonyl (C=O) groups is 4. The largest absolute Gasteiger partial charge is 0.344 e. The van der Waals surface area contributed by atoms with Gasteiger partial charge in [0.2, 0.25) is 11.8 Å². The zero-order chi connectivity index (χ0) is 30.1. The molecule has 224 valence electrons. The van der Waals surface area contributed by atoms with E-state index >= 15 is 0 Å². The summed E-state index contributed by atoms with van der Waals surface area (Å²) in [6.07, 6.45) is 3.73. The molecule has 2 heterocycles. The molecular formula is C30H36N4O6S2. The van der Waals surface area contributed by atoms with Crippen molar-refractivity contribution in [3.05, 3.63) is 77.7 Å². The molecule has 4 N–H and O–H groups in total. The number of rotatable bonds is 14. The number of carbonyl (C=O) groups excluding carboxylic acids is 4. The third-order valence-electron chi connectivity index (χ3n) is 7.28. The summed E-state index contributed by atoms with van der Waals surface area (Å²) in [5.41, 5.74) is 0.839. The molecule has 10 nitrogen and oxygen atoms in total. The second-order valence-electron chi connectivity index (χ2n) is 10.5. The third-order valence-corrected chi connectivity index (χ3v) is 10.2. The van der Waals surface area contributed by atoms with Crippen molar-refractivity contribution in [2.45, 2.75) is 73.3 Å². The Balaban J connectivity index is 1.29. The topological polar surface area (TPSA) is 151 Å². The molecule has 42 heavy (non-hydrogen) atoms. The molecule has 2 fully saturated rings. The van der Waals surface area contributed by atoms with Gasteiger partial charge in [0.1, 0.15) is 6.04 Å². The summed E-state index contributed by atoms with van der Waals surface area (Å²) in [4.78, 5) is 50.3. The van der Waals surface area contributed by atoms with E-state index in [-0.39, 0.29) is 41.8 Å². The lowest BCUT2D eigenvalue weighted by Gasteiger charge is -2.21. The summed E-state index contributed by atoms with van der Waals surface area (Å²) in [5.74, 6) is -0.519. The maximum Gasteiger partial charge on any atom is 0.315 e. The minimum atomic E-state index is -3.81. The van der Waals surface area contributed by atoms with Crippen molar-refractivity contribution in [2.24, 2.45) is 0 Å². The molecule has 2 saturated heterocycles.